The van der Waals surface area contributed by atoms with Crippen LogP contribution >= 0.6 is 23.2 Å². The summed E-state index contributed by atoms with van der Waals surface area (Å²) in [6, 6.07) is 17.7. The number of hydrogen-bond acceptors (Lipinski definition) is 6. The van der Waals surface area contributed by atoms with E-state index in [0.717, 1.165) is 0 Å². The third-order valence-electron chi connectivity index (χ3n) is 5.57. The molecule has 1 N–H and O–H groups in total. The monoisotopic (exact) mass is 506 g/mol. The lowest BCUT2D eigenvalue weighted by molar-refractivity contribution is -0.132. The van der Waals surface area contributed by atoms with Crippen molar-refractivity contribution in [3.05, 3.63) is 105 Å². The lowest BCUT2D eigenvalue weighted by atomic mass is 9.94. The van der Waals surface area contributed by atoms with Gasteiger partial charge in [0.1, 0.15) is 11.8 Å². The Bertz CT molecular complexity index is 1440. The SMILES string of the molecule is COC(=O)c1ccc([C@@H]2C(=C(O)c3ccccc3Cl)C(=O)C(=O)N2c2ccc(C#N)c(Cl)c2)cc1. The Morgan fingerprint density at radius 3 is 2.31 bits per heavy atom. The van der Waals surface area contributed by atoms with Crippen LogP contribution in [0.25, 0.3) is 5.76 Å². The van der Waals surface area contributed by atoms with E-state index in [9.17, 15) is 24.8 Å². The summed E-state index contributed by atoms with van der Waals surface area (Å²) in [5, 5.41) is 20.6. The van der Waals surface area contributed by atoms with E-state index in [2.05, 4.69) is 0 Å². The van der Waals surface area contributed by atoms with Crippen LogP contribution in [0.2, 0.25) is 10.0 Å². The average molecular weight is 507 g/mol. The molecule has 0 spiro atoms. The van der Waals surface area contributed by atoms with Gasteiger partial charge < -0.3 is 9.84 Å². The zero-order valence-corrected chi connectivity index (χ0v) is 19.7. The maximum Gasteiger partial charge on any atom is 0.337 e. The summed E-state index contributed by atoms with van der Waals surface area (Å²) in [4.78, 5) is 39.5. The molecule has 7 nitrogen and oxygen atoms in total. The molecule has 0 unspecified atom stereocenters. The molecular formula is C26H16Cl2N2O5. The first-order valence-electron chi connectivity index (χ1n) is 10.2. The summed E-state index contributed by atoms with van der Waals surface area (Å²) >= 11 is 12.4. The maximum absolute atomic E-state index is 13.2. The highest BCUT2D eigenvalue weighted by Crippen LogP contribution is 2.43. The molecule has 1 atom stereocenters. The van der Waals surface area contributed by atoms with Crippen LogP contribution < -0.4 is 4.90 Å². The highest BCUT2D eigenvalue weighted by Gasteiger charge is 2.47. The fourth-order valence-electron chi connectivity index (χ4n) is 3.88. The number of nitrogens with zero attached hydrogens (tertiary/aromatic N) is 2. The van der Waals surface area contributed by atoms with Gasteiger partial charge in [-0.15, -0.1) is 0 Å². The van der Waals surface area contributed by atoms with Gasteiger partial charge in [0.05, 0.1) is 39.9 Å². The number of amides is 1. The van der Waals surface area contributed by atoms with E-state index in [0.29, 0.717) is 5.56 Å². The largest absolute Gasteiger partial charge is 0.507 e. The van der Waals surface area contributed by atoms with Crippen LogP contribution in [-0.2, 0) is 14.3 Å². The number of benzene rings is 3. The predicted octanol–water partition coefficient (Wildman–Crippen LogP) is 5.28. The van der Waals surface area contributed by atoms with E-state index >= 15 is 0 Å². The van der Waals surface area contributed by atoms with Gasteiger partial charge >= 0.3 is 5.97 Å². The van der Waals surface area contributed by atoms with Crippen LogP contribution in [0.15, 0.2) is 72.3 Å². The summed E-state index contributed by atoms with van der Waals surface area (Å²) in [7, 11) is 1.25. The van der Waals surface area contributed by atoms with E-state index in [1.807, 2.05) is 6.07 Å². The number of aliphatic hydroxyl groups excluding tert-OH is 1. The number of aliphatic hydroxyl groups is 1. The molecule has 174 valence electrons. The molecule has 0 bridgehead atoms. The third kappa shape index (κ3) is 4.26. The van der Waals surface area contributed by atoms with Crippen molar-refractivity contribution in [1.82, 2.24) is 0 Å². The average Bonchev–Trinajstić information content (AvgIpc) is 3.13. The number of methoxy groups -OCH3 is 1. The number of nitriles is 1. The van der Waals surface area contributed by atoms with E-state index < -0.39 is 29.5 Å². The standard InChI is InChI=1S/C26H16Cl2N2O5/c1-35-26(34)15-8-6-14(7-9-15)22-21(23(31)18-4-2-3-5-19(18)27)24(32)25(33)30(22)17-11-10-16(13-29)20(28)12-17/h2-12,22,31H,1H3/t22-/m1/s1. The van der Waals surface area contributed by atoms with Gasteiger partial charge in [-0.2, -0.15) is 5.26 Å². The number of Topliss-reactive ketones (excluding diaryl/α,β-unsaturated/α-hetero) is 1. The topological polar surface area (TPSA) is 108 Å². The van der Waals surface area contributed by atoms with E-state index in [1.54, 1.807) is 30.3 Å². The minimum atomic E-state index is -1.07. The van der Waals surface area contributed by atoms with Gasteiger partial charge in [-0.05, 0) is 48.0 Å². The highest BCUT2D eigenvalue weighted by molar-refractivity contribution is 6.52. The molecule has 0 aliphatic carbocycles. The van der Waals surface area contributed by atoms with Crippen molar-refractivity contribution in [3.8, 4) is 6.07 Å². The second-order valence-electron chi connectivity index (χ2n) is 7.54. The Balaban J connectivity index is 1.95. The van der Waals surface area contributed by atoms with Crippen LogP contribution in [-0.4, -0.2) is 29.9 Å². The number of halogens is 2. The minimum absolute atomic E-state index is 0.0952. The highest BCUT2D eigenvalue weighted by atomic mass is 35.5. The Morgan fingerprint density at radius 2 is 1.71 bits per heavy atom. The molecule has 1 heterocycles. The van der Waals surface area contributed by atoms with Gasteiger partial charge in [-0.1, -0.05) is 47.5 Å². The first kappa shape index (κ1) is 24.0. The molecule has 4 rings (SSSR count). The summed E-state index contributed by atoms with van der Waals surface area (Å²) in [6.45, 7) is 0. The molecule has 1 fully saturated rings. The van der Waals surface area contributed by atoms with Crippen molar-refractivity contribution < 1.29 is 24.2 Å². The molecule has 0 radical (unpaired) electrons. The number of esters is 1. The summed E-state index contributed by atoms with van der Waals surface area (Å²) < 4.78 is 4.73. The molecule has 1 saturated heterocycles. The number of carbonyl (C=O) groups excluding carboxylic acids is 3. The van der Waals surface area contributed by atoms with Crippen LogP contribution in [0.4, 0.5) is 5.69 Å². The first-order chi connectivity index (χ1) is 16.8. The number of hydrogen-bond donors (Lipinski definition) is 1. The second-order valence-corrected chi connectivity index (χ2v) is 8.35. The van der Waals surface area contributed by atoms with Crippen molar-refractivity contribution in [2.75, 3.05) is 12.0 Å². The van der Waals surface area contributed by atoms with Crippen molar-refractivity contribution in [2.24, 2.45) is 0 Å². The Morgan fingerprint density at radius 1 is 1.03 bits per heavy atom. The maximum atomic E-state index is 13.2. The fourth-order valence-corrected chi connectivity index (χ4v) is 4.32. The van der Waals surface area contributed by atoms with Gasteiger partial charge in [-0.3, -0.25) is 14.5 Å². The smallest absolute Gasteiger partial charge is 0.337 e. The zero-order chi connectivity index (χ0) is 25.3. The van der Waals surface area contributed by atoms with Crippen LogP contribution in [0.1, 0.15) is 33.1 Å². The molecule has 1 aliphatic heterocycles. The van der Waals surface area contributed by atoms with E-state index in [-0.39, 0.29) is 38.0 Å². The molecule has 3 aromatic carbocycles. The van der Waals surface area contributed by atoms with Crippen molar-refractivity contribution in [2.45, 2.75) is 6.04 Å². The zero-order valence-electron chi connectivity index (χ0n) is 18.2. The number of ketones is 1. The van der Waals surface area contributed by atoms with E-state index in [1.165, 1.54) is 48.4 Å². The second kappa shape index (κ2) is 9.63. The first-order valence-corrected chi connectivity index (χ1v) is 11.0. The quantitative estimate of drug-likeness (QED) is 0.223. The fraction of sp³-hybridized carbons (Fsp3) is 0.0769. The number of ether oxygens (including phenoxy) is 1. The van der Waals surface area contributed by atoms with Gasteiger partial charge in [0.25, 0.3) is 11.7 Å². The van der Waals surface area contributed by atoms with Crippen molar-refractivity contribution >= 4 is 52.3 Å². The molecule has 1 amide bonds. The molecule has 35 heavy (non-hydrogen) atoms. The van der Waals surface area contributed by atoms with Gasteiger partial charge in [0, 0.05) is 11.3 Å². The normalized spacial score (nSPS) is 16.7. The summed E-state index contributed by atoms with van der Waals surface area (Å²) in [5.74, 6) is -2.83. The molecule has 9 heteroatoms. The predicted molar refractivity (Wildman–Crippen MR) is 130 cm³/mol. The molecular weight excluding hydrogens is 491 g/mol. The number of anilines is 1. The summed E-state index contributed by atoms with van der Waals surface area (Å²) in [6.07, 6.45) is 0. The lowest BCUT2D eigenvalue weighted by Gasteiger charge is -2.26. The van der Waals surface area contributed by atoms with Crippen LogP contribution in [0.5, 0.6) is 0 Å². The van der Waals surface area contributed by atoms with Gasteiger partial charge in [-0.25, -0.2) is 4.79 Å². The van der Waals surface area contributed by atoms with Gasteiger partial charge in [0.15, 0.2) is 0 Å². The third-order valence-corrected chi connectivity index (χ3v) is 6.21. The number of carbonyl (C=O) groups is 3. The van der Waals surface area contributed by atoms with Crippen LogP contribution in [0.3, 0.4) is 0 Å². The molecule has 3 aromatic rings. The molecule has 1 aliphatic rings. The molecule has 0 aromatic heterocycles. The van der Waals surface area contributed by atoms with E-state index in [4.69, 9.17) is 27.9 Å². The Labute approximate surface area is 210 Å². The van der Waals surface area contributed by atoms with Crippen molar-refractivity contribution in [3.63, 3.8) is 0 Å². The lowest BCUT2D eigenvalue weighted by Crippen LogP contribution is -2.29. The number of rotatable bonds is 4. The van der Waals surface area contributed by atoms with Gasteiger partial charge in [0.2, 0.25) is 0 Å². The minimum Gasteiger partial charge on any atom is -0.507 e. The Kier molecular flexibility index (Phi) is 6.61. The van der Waals surface area contributed by atoms with Crippen molar-refractivity contribution in [1.29, 1.82) is 5.26 Å². The molecule has 0 saturated carbocycles. The summed E-state index contributed by atoms with van der Waals surface area (Å²) in [5.41, 5.74) is 1.14. The van der Waals surface area contributed by atoms with Crippen LogP contribution in [0, 0.1) is 11.3 Å². The Hall–Kier alpha value is -4.12.